The topological polar surface area (TPSA) is 25.8 Å². The number of aromatic nitrogens is 2. The lowest BCUT2D eigenvalue weighted by molar-refractivity contribution is 0.660. The van der Waals surface area contributed by atoms with Crippen LogP contribution < -0.4 is 0 Å². The molecule has 6 aromatic carbocycles. The average Bonchev–Trinajstić information content (AvgIpc) is 3.34. The molecule has 0 N–H and O–H groups in total. The molecular weight excluding hydrogens is 544 g/mol. The Bertz CT molecular complexity index is 2160. The third kappa shape index (κ3) is 4.76. The van der Waals surface area contributed by atoms with Crippen molar-refractivity contribution in [3.05, 3.63) is 169 Å². The summed E-state index contributed by atoms with van der Waals surface area (Å²) in [6, 6.07) is 55.9. The summed E-state index contributed by atoms with van der Waals surface area (Å²) < 4.78 is 0. The minimum atomic E-state index is -0.0641. The summed E-state index contributed by atoms with van der Waals surface area (Å²) in [6.45, 7) is 4.67. The number of hydrogen-bond acceptors (Lipinski definition) is 2. The average molecular weight is 577 g/mol. The Labute approximate surface area is 264 Å². The van der Waals surface area contributed by atoms with Crippen LogP contribution in [0.25, 0.3) is 67.3 Å². The molecule has 0 spiro atoms. The Hall–Kier alpha value is -5.60. The molecule has 1 heterocycles. The molecule has 7 aromatic rings. The zero-order valence-corrected chi connectivity index (χ0v) is 25.4. The fraction of sp³-hybridized carbons (Fsp3) is 0.0698. The van der Waals surface area contributed by atoms with Crippen LogP contribution in [0.15, 0.2) is 158 Å². The summed E-state index contributed by atoms with van der Waals surface area (Å²) in [4.78, 5) is 10.3. The summed E-state index contributed by atoms with van der Waals surface area (Å²) >= 11 is 0. The molecule has 0 fully saturated rings. The Morgan fingerprint density at radius 2 is 0.867 bits per heavy atom. The van der Waals surface area contributed by atoms with E-state index in [9.17, 15) is 0 Å². The zero-order chi connectivity index (χ0) is 30.4. The van der Waals surface area contributed by atoms with Crippen molar-refractivity contribution in [3.8, 4) is 67.3 Å². The van der Waals surface area contributed by atoms with Crippen molar-refractivity contribution < 1.29 is 0 Å². The van der Waals surface area contributed by atoms with Crippen molar-refractivity contribution in [1.29, 1.82) is 0 Å². The van der Waals surface area contributed by atoms with Crippen molar-refractivity contribution in [2.75, 3.05) is 0 Å². The first-order chi connectivity index (χ1) is 22.1. The van der Waals surface area contributed by atoms with Gasteiger partial charge in [-0.15, -0.1) is 0 Å². The van der Waals surface area contributed by atoms with Crippen LogP contribution in [0.1, 0.15) is 25.0 Å². The maximum Gasteiger partial charge on any atom is 0.160 e. The van der Waals surface area contributed by atoms with Gasteiger partial charge in [0, 0.05) is 22.1 Å². The van der Waals surface area contributed by atoms with Gasteiger partial charge in [-0.3, -0.25) is 0 Å². The Kier molecular flexibility index (Phi) is 6.50. The summed E-state index contributed by atoms with van der Waals surface area (Å²) in [5, 5.41) is 0. The van der Waals surface area contributed by atoms with Crippen LogP contribution in [0.3, 0.4) is 0 Å². The molecule has 0 radical (unpaired) electrons. The van der Waals surface area contributed by atoms with Crippen molar-refractivity contribution in [2.45, 2.75) is 19.3 Å². The molecule has 0 saturated carbocycles. The van der Waals surface area contributed by atoms with Crippen LogP contribution in [-0.4, -0.2) is 9.97 Å². The molecule has 1 aromatic heterocycles. The number of hydrogen-bond donors (Lipinski definition) is 0. The van der Waals surface area contributed by atoms with E-state index in [0.29, 0.717) is 0 Å². The molecule has 0 amide bonds. The van der Waals surface area contributed by atoms with Crippen LogP contribution in [0.2, 0.25) is 0 Å². The normalized spacial score (nSPS) is 12.8. The summed E-state index contributed by atoms with van der Waals surface area (Å²) in [7, 11) is 0. The van der Waals surface area contributed by atoms with Crippen molar-refractivity contribution in [2.24, 2.45) is 0 Å². The van der Waals surface area contributed by atoms with E-state index in [1.807, 2.05) is 24.3 Å². The third-order valence-corrected chi connectivity index (χ3v) is 9.14. The van der Waals surface area contributed by atoms with Gasteiger partial charge < -0.3 is 0 Å². The standard InChI is InChI=1S/C43H32N2/c1-43(2)38-20-12-11-18-35(38)36-26-25-33(27-39(36)43)34-17-9-10-19-37(34)41-28-40(44-42(45-41)32-15-7-4-8-16-32)31-23-21-30(22-24-31)29-13-5-3-6-14-29/h3-28H,1-2H3. The highest BCUT2D eigenvalue weighted by Gasteiger charge is 2.35. The first-order valence-electron chi connectivity index (χ1n) is 15.5. The maximum absolute atomic E-state index is 5.17. The van der Waals surface area contributed by atoms with Crippen molar-refractivity contribution in [1.82, 2.24) is 9.97 Å². The second kappa shape index (κ2) is 10.8. The molecule has 214 valence electrons. The SMILES string of the molecule is CC1(C)c2ccccc2-c2ccc(-c3ccccc3-c3cc(-c4ccc(-c5ccccc5)cc4)nc(-c4ccccc4)n3)cc21. The number of benzene rings is 6. The zero-order valence-electron chi connectivity index (χ0n) is 25.4. The smallest absolute Gasteiger partial charge is 0.160 e. The van der Waals surface area contributed by atoms with Crippen LogP contribution in [0.4, 0.5) is 0 Å². The van der Waals surface area contributed by atoms with E-state index >= 15 is 0 Å². The largest absolute Gasteiger partial charge is 0.228 e. The van der Waals surface area contributed by atoms with E-state index in [-0.39, 0.29) is 5.41 Å². The van der Waals surface area contributed by atoms with E-state index in [0.717, 1.165) is 39.5 Å². The summed E-state index contributed by atoms with van der Waals surface area (Å²) in [5.74, 6) is 0.718. The maximum atomic E-state index is 5.17. The van der Waals surface area contributed by atoms with Crippen molar-refractivity contribution >= 4 is 0 Å². The minimum absolute atomic E-state index is 0.0641. The highest BCUT2D eigenvalue weighted by molar-refractivity contribution is 5.88. The molecule has 45 heavy (non-hydrogen) atoms. The van der Waals surface area contributed by atoms with Crippen LogP contribution in [0.5, 0.6) is 0 Å². The van der Waals surface area contributed by atoms with E-state index in [1.165, 1.54) is 38.9 Å². The molecule has 1 aliphatic rings. The van der Waals surface area contributed by atoms with E-state index < -0.39 is 0 Å². The third-order valence-electron chi connectivity index (χ3n) is 9.14. The molecule has 0 unspecified atom stereocenters. The van der Waals surface area contributed by atoms with Gasteiger partial charge >= 0.3 is 0 Å². The summed E-state index contributed by atoms with van der Waals surface area (Å²) in [5.41, 5.74) is 15.0. The summed E-state index contributed by atoms with van der Waals surface area (Å²) in [6.07, 6.45) is 0. The fourth-order valence-electron chi connectivity index (χ4n) is 6.74. The second-order valence-corrected chi connectivity index (χ2v) is 12.2. The fourth-order valence-corrected chi connectivity index (χ4v) is 6.74. The van der Waals surface area contributed by atoms with Gasteiger partial charge in [0.05, 0.1) is 11.4 Å². The second-order valence-electron chi connectivity index (χ2n) is 12.2. The Morgan fingerprint density at radius 1 is 0.356 bits per heavy atom. The molecule has 0 atom stereocenters. The van der Waals surface area contributed by atoms with Crippen molar-refractivity contribution in [3.63, 3.8) is 0 Å². The lowest BCUT2D eigenvalue weighted by Gasteiger charge is -2.22. The lowest BCUT2D eigenvalue weighted by atomic mass is 9.81. The predicted molar refractivity (Wildman–Crippen MR) is 187 cm³/mol. The Balaban J connectivity index is 1.26. The minimum Gasteiger partial charge on any atom is -0.228 e. The van der Waals surface area contributed by atoms with E-state index in [2.05, 4.69) is 147 Å². The molecule has 1 aliphatic carbocycles. The highest BCUT2D eigenvalue weighted by Crippen LogP contribution is 2.50. The van der Waals surface area contributed by atoms with Gasteiger partial charge in [0.2, 0.25) is 0 Å². The molecule has 2 nitrogen and oxygen atoms in total. The highest BCUT2D eigenvalue weighted by atomic mass is 14.9. The molecule has 0 saturated heterocycles. The molecule has 2 heteroatoms. The number of rotatable bonds is 5. The van der Waals surface area contributed by atoms with Crippen LogP contribution in [0, 0.1) is 0 Å². The molecule has 0 aliphatic heterocycles. The van der Waals surface area contributed by atoms with E-state index in [1.54, 1.807) is 0 Å². The predicted octanol–water partition coefficient (Wildman–Crippen LogP) is 11.1. The molecule has 8 rings (SSSR count). The monoisotopic (exact) mass is 576 g/mol. The van der Waals surface area contributed by atoms with Gasteiger partial charge in [0.15, 0.2) is 5.82 Å². The first-order valence-corrected chi connectivity index (χ1v) is 15.5. The van der Waals surface area contributed by atoms with Gasteiger partial charge in [0.25, 0.3) is 0 Å². The number of fused-ring (bicyclic) bond motifs is 3. The first kappa shape index (κ1) is 27.0. The quantitative estimate of drug-likeness (QED) is 0.204. The van der Waals surface area contributed by atoms with Crippen LogP contribution in [-0.2, 0) is 5.41 Å². The van der Waals surface area contributed by atoms with Gasteiger partial charge in [0.1, 0.15) is 0 Å². The van der Waals surface area contributed by atoms with Crippen LogP contribution >= 0.6 is 0 Å². The van der Waals surface area contributed by atoms with Gasteiger partial charge in [-0.2, -0.15) is 0 Å². The molecular formula is C43H32N2. The van der Waals surface area contributed by atoms with Gasteiger partial charge in [-0.25, -0.2) is 9.97 Å². The van der Waals surface area contributed by atoms with Gasteiger partial charge in [-0.1, -0.05) is 159 Å². The lowest BCUT2D eigenvalue weighted by Crippen LogP contribution is -2.14. The van der Waals surface area contributed by atoms with Gasteiger partial charge in [-0.05, 0) is 56.6 Å². The Morgan fingerprint density at radius 3 is 1.60 bits per heavy atom. The number of nitrogens with zero attached hydrogens (tertiary/aromatic N) is 2. The van der Waals surface area contributed by atoms with E-state index in [4.69, 9.17) is 9.97 Å². The molecule has 0 bridgehead atoms.